The van der Waals surface area contributed by atoms with Gasteiger partial charge in [0.2, 0.25) is 0 Å². The van der Waals surface area contributed by atoms with Gasteiger partial charge >= 0.3 is 5.97 Å². The normalized spacial score (nSPS) is 11.0. The molecule has 0 aliphatic rings. The molecule has 0 unspecified atom stereocenters. The average Bonchev–Trinajstić information content (AvgIpc) is 2.77. The number of halogens is 2. The summed E-state index contributed by atoms with van der Waals surface area (Å²) in [6.45, 7) is 3.78. The highest BCUT2D eigenvalue weighted by Gasteiger charge is 2.22. The molecule has 2 aromatic rings. The number of benzene rings is 1. The number of rotatable bonds is 3. The van der Waals surface area contributed by atoms with E-state index in [1.54, 1.807) is 18.2 Å². The van der Waals surface area contributed by atoms with E-state index in [1.165, 1.54) is 4.68 Å². The molecule has 0 bridgehead atoms. The smallest absolute Gasteiger partial charge is 0.358 e. The van der Waals surface area contributed by atoms with Crippen LogP contribution in [-0.4, -0.2) is 26.1 Å². The Morgan fingerprint density at radius 3 is 2.68 bits per heavy atom. The van der Waals surface area contributed by atoms with E-state index in [2.05, 4.69) is 26.2 Å². The molecular formula is C12H11BrClN3O2. The summed E-state index contributed by atoms with van der Waals surface area (Å²) in [6, 6.07) is 5.28. The third kappa shape index (κ3) is 2.64. The van der Waals surface area contributed by atoms with Gasteiger partial charge in [-0.15, -0.1) is 5.10 Å². The lowest BCUT2D eigenvalue weighted by Crippen LogP contribution is -2.08. The SMILES string of the molecule is CC(C)c1c(C(=O)O)nnn1-c1ccc(Br)c(Cl)c1. The van der Waals surface area contributed by atoms with Crippen molar-refractivity contribution in [1.82, 2.24) is 15.0 Å². The summed E-state index contributed by atoms with van der Waals surface area (Å²) in [5.41, 5.74) is 1.19. The van der Waals surface area contributed by atoms with Crippen LogP contribution in [0.15, 0.2) is 22.7 Å². The first-order chi connectivity index (χ1) is 8.91. The van der Waals surface area contributed by atoms with Crippen LogP contribution in [0.1, 0.15) is 35.9 Å². The van der Waals surface area contributed by atoms with Crippen LogP contribution in [0.2, 0.25) is 5.02 Å². The first-order valence-corrected chi connectivity index (χ1v) is 6.73. The number of carbonyl (C=O) groups is 1. The lowest BCUT2D eigenvalue weighted by atomic mass is 10.1. The maximum atomic E-state index is 11.1. The number of hydrogen-bond acceptors (Lipinski definition) is 3. The molecule has 0 saturated heterocycles. The van der Waals surface area contributed by atoms with Gasteiger partial charge in [-0.3, -0.25) is 0 Å². The molecule has 0 fully saturated rings. The topological polar surface area (TPSA) is 68.0 Å². The van der Waals surface area contributed by atoms with Gasteiger partial charge in [0.25, 0.3) is 0 Å². The van der Waals surface area contributed by atoms with Crippen LogP contribution < -0.4 is 0 Å². The van der Waals surface area contributed by atoms with E-state index in [-0.39, 0.29) is 11.6 Å². The molecule has 1 aromatic carbocycles. The summed E-state index contributed by atoms with van der Waals surface area (Å²) >= 11 is 9.35. The third-order valence-corrected chi connectivity index (χ3v) is 3.83. The first-order valence-electron chi connectivity index (χ1n) is 5.56. The summed E-state index contributed by atoms with van der Waals surface area (Å²) in [4.78, 5) is 11.1. The maximum absolute atomic E-state index is 11.1. The zero-order chi connectivity index (χ0) is 14.2. The summed E-state index contributed by atoms with van der Waals surface area (Å²) in [5.74, 6) is -1.11. The number of aromatic carboxylic acids is 1. The molecule has 19 heavy (non-hydrogen) atoms. The molecule has 0 radical (unpaired) electrons. The quantitative estimate of drug-likeness (QED) is 0.925. The van der Waals surface area contributed by atoms with E-state index in [0.29, 0.717) is 16.4 Å². The van der Waals surface area contributed by atoms with Gasteiger partial charge in [0, 0.05) is 4.47 Å². The highest BCUT2D eigenvalue weighted by molar-refractivity contribution is 9.10. The van der Waals surface area contributed by atoms with Crippen molar-refractivity contribution in [3.05, 3.63) is 39.1 Å². The van der Waals surface area contributed by atoms with Crippen molar-refractivity contribution < 1.29 is 9.90 Å². The van der Waals surface area contributed by atoms with Gasteiger partial charge in [0.1, 0.15) is 0 Å². The van der Waals surface area contributed by atoms with Gasteiger partial charge in [0.05, 0.1) is 16.4 Å². The molecule has 0 aliphatic carbocycles. The molecule has 0 amide bonds. The van der Waals surface area contributed by atoms with Gasteiger partial charge in [0.15, 0.2) is 5.69 Å². The predicted molar refractivity (Wildman–Crippen MR) is 75.1 cm³/mol. The van der Waals surface area contributed by atoms with Crippen molar-refractivity contribution in [2.24, 2.45) is 0 Å². The largest absolute Gasteiger partial charge is 0.476 e. The summed E-state index contributed by atoms with van der Waals surface area (Å²) in [5, 5.41) is 17.3. The fraction of sp³-hybridized carbons (Fsp3) is 0.250. The summed E-state index contributed by atoms with van der Waals surface area (Å²) in [6.07, 6.45) is 0. The molecule has 2 rings (SSSR count). The van der Waals surface area contributed by atoms with Gasteiger partial charge in [-0.1, -0.05) is 30.7 Å². The molecule has 1 N–H and O–H groups in total. The Bertz CT molecular complexity index is 640. The predicted octanol–water partition coefficient (Wildman–Crippen LogP) is 3.50. The van der Waals surface area contributed by atoms with Crippen molar-refractivity contribution in [2.45, 2.75) is 19.8 Å². The molecular weight excluding hydrogens is 334 g/mol. The molecule has 0 aliphatic heterocycles. The Morgan fingerprint density at radius 1 is 1.47 bits per heavy atom. The van der Waals surface area contributed by atoms with E-state index in [9.17, 15) is 4.79 Å². The Hall–Kier alpha value is -1.40. The van der Waals surface area contributed by atoms with Crippen molar-refractivity contribution in [3.63, 3.8) is 0 Å². The number of carboxylic acids is 1. The van der Waals surface area contributed by atoms with E-state index < -0.39 is 5.97 Å². The van der Waals surface area contributed by atoms with Gasteiger partial charge in [-0.05, 0) is 40.0 Å². The fourth-order valence-electron chi connectivity index (χ4n) is 1.77. The second-order valence-corrected chi connectivity index (χ2v) is 5.55. The molecule has 1 heterocycles. The van der Waals surface area contributed by atoms with Crippen LogP contribution in [0.5, 0.6) is 0 Å². The third-order valence-electron chi connectivity index (χ3n) is 2.60. The highest BCUT2D eigenvalue weighted by atomic mass is 79.9. The maximum Gasteiger partial charge on any atom is 0.358 e. The van der Waals surface area contributed by atoms with Crippen LogP contribution in [-0.2, 0) is 0 Å². The first kappa shape index (κ1) is 14.0. The number of nitrogens with zero attached hydrogens (tertiary/aromatic N) is 3. The number of carboxylic acid groups (broad SMARTS) is 1. The average molecular weight is 345 g/mol. The van der Waals surface area contributed by atoms with Gasteiger partial charge < -0.3 is 5.11 Å². The van der Waals surface area contributed by atoms with Crippen molar-refractivity contribution in [1.29, 1.82) is 0 Å². The standard InChI is InChI=1S/C12H11BrClN3O2/c1-6(2)11-10(12(18)19)15-16-17(11)7-3-4-8(13)9(14)5-7/h3-6H,1-2H3,(H,18,19). The minimum absolute atomic E-state index is 0.0245. The summed E-state index contributed by atoms with van der Waals surface area (Å²) in [7, 11) is 0. The van der Waals surface area contributed by atoms with Gasteiger partial charge in [-0.25, -0.2) is 9.48 Å². The molecule has 0 saturated carbocycles. The molecule has 1 aromatic heterocycles. The molecule has 0 atom stereocenters. The van der Waals surface area contributed by atoms with Crippen molar-refractivity contribution in [2.75, 3.05) is 0 Å². The van der Waals surface area contributed by atoms with Crippen LogP contribution in [0, 0.1) is 0 Å². The minimum atomic E-state index is -1.09. The van der Waals surface area contributed by atoms with Gasteiger partial charge in [-0.2, -0.15) is 0 Å². The lowest BCUT2D eigenvalue weighted by Gasteiger charge is -2.10. The minimum Gasteiger partial charge on any atom is -0.476 e. The summed E-state index contributed by atoms with van der Waals surface area (Å²) < 4.78 is 2.27. The van der Waals surface area contributed by atoms with Crippen LogP contribution in [0.25, 0.3) is 5.69 Å². The monoisotopic (exact) mass is 343 g/mol. The second-order valence-electron chi connectivity index (χ2n) is 4.29. The Morgan fingerprint density at radius 2 is 2.16 bits per heavy atom. The molecule has 0 spiro atoms. The Balaban J connectivity index is 2.62. The Labute approximate surface area is 123 Å². The van der Waals surface area contributed by atoms with E-state index in [1.807, 2.05) is 13.8 Å². The van der Waals surface area contributed by atoms with E-state index in [4.69, 9.17) is 16.7 Å². The van der Waals surface area contributed by atoms with Crippen LogP contribution in [0.4, 0.5) is 0 Å². The lowest BCUT2D eigenvalue weighted by molar-refractivity contribution is 0.0688. The second kappa shape index (κ2) is 5.30. The van der Waals surface area contributed by atoms with Crippen molar-refractivity contribution in [3.8, 4) is 5.69 Å². The van der Waals surface area contributed by atoms with Crippen LogP contribution in [0.3, 0.4) is 0 Å². The fourth-order valence-corrected chi connectivity index (χ4v) is 2.19. The Kier molecular flexibility index (Phi) is 3.91. The zero-order valence-electron chi connectivity index (χ0n) is 10.3. The highest BCUT2D eigenvalue weighted by Crippen LogP contribution is 2.27. The van der Waals surface area contributed by atoms with Crippen molar-refractivity contribution >= 4 is 33.5 Å². The number of hydrogen-bond donors (Lipinski definition) is 1. The molecule has 5 nitrogen and oxygen atoms in total. The molecule has 7 heteroatoms. The zero-order valence-corrected chi connectivity index (χ0v) is 12.6. The number of aromatic nitrogens is 3. The molecule has 100 valence electrons. The van der Waals surface area contributed by atoms with E-state index >= 15 is 0 Å². The van der Waals surface area contributed by atoms with Crippen LogP contribution >= 0.6 is 27.5 Å². The van der Waals surface area contributed by atoms with E-state index in [0.717, 1.165) is 4.47 Å².